The second-order valence-electron chi connectivity index (χ2n) is 6.76. The quantitative estimate of drug-likeness (QED) is 0.827. The van der Waals surface area contributed by atoms with Crippen molar-refractivity contribution in [1.82, 2.24) is 9.29 Å². The summed E-state index contributed by atoms with van der Waals surface area (Å²) in [6, 6.07) is 4.05. The molecule has 6 heteroatoms. The van der Waals surface area contributed by atoms with Crippen molar-refractivity contribution < 1.29 is 13.2 Å². The number of hydrogen-bond acceptors (Lipinski definition) is 4. The summed E-state index contributed by atoms with van der Waals surface area (Å²) >= 11 is 0. The van der Waals surface area contributed by atoms with Gasteiger partial charge in [0, 0.05) is 44.1 Å². The Bertz CT molecular complexity index is 626. The minimum Gasteiger partial charge on any atom is -0.381 e. The molecule has 2 saturated heterocycles. The standard InChI is InChI=1S/C17H26N2O3S/c1-14-2-7-18-17(12-14)16-3-8-19(13-16)23(20,21)11-6-15-4-9-22-10-5-15/h2,7,12,15-16H,3-6,8-11,13H2,1H3. The number of pyridine rings is 1. The van der Waals surface area contributed by atoms with E-state index in [-0.39, 0.29) is 11.7 Å². The third-order valence-corrected chi connectivity index (χ3v) is 6.89. The fourth-order valence-corrected chi connectivity index (χ4v) is 5.16. The number of rotatable bonds is 5. The summed E-state index contributed by atoms with van der Waals surface area (Å²) in [6.45, 7) is 4.79. The summed E-state index contributed by atoms with van der Waals surface area (Å²) in [6.07, 6.45) is 5.42. The van der Waals surface area contributed by atoms with Gasteiger partial charge < -0.3 is 4.74 Å². The molecule has 1 unspecified atom stereocenters. The zero-order valence-electron chi connectivity index (χ0n) is 13.8. The van der Waals surface area contributed by atoms with E-state index in [0.717, 1.165) is 44.6 Å². The normalized spacial score (nSPS) is 24.1. The lowest BCUT2D eigenvalue weighted by atomic mass is 9.98. The van der Waals surface area contributed by atoms with E-state index in [1.807, 2.05) is 19.2 Å². The van der Waals surface area contributed by atoms with Gasteiger partial charge >= 0.3 is 0 Å². The SMILES string of the molecule is Cc1ccnc(C2CCN(S(=O)(=O)CCC3CCOCC3)C2)c1. The van der Waals surface area contributed by atoms with E-state index < -0.39 is 10.0 Å². The van der Waals surface area contributed by atoms with Crippen LogP contribution < -0.4 is 0 Å². The molecule has 2 fully saturated rings. The van der Waals surface area contributed by atoms with Gasteiger partial charge in [0.15, 0.2) is 0 Å². The molecule has 5 nitrogen and oxygen atoms in total. The van der Waals surface area contributed by atoms with Crippen LogP contribution in [0, 0.1) is 12.8 Å². The van der Waals surface area contributed by atoms with Crippen LogP contribution in [0.3, 0.4) is 0 Å². The van der Waals surface area contributed by atoms with Crippen molar-refractivity contribution in [3.05, 3.63) is 29.6 Å². The van der Waals surface area contributed by atoms with Gasteiger partial charge in [-0.1, -0.05) is 0 Å². The fraction of sp³-hybridized carbons (Fsp3) is 0.706. The van der Waals surface area contributed by atoms with E-state index in [1.165, 1.54) is 5.56 Å². The summed E-state index contributed by atoms with van der Waals surface area (Å²) in [5.41, 5.74) is 2.20. The average Bonchev–Trinajstić information content (AvgIpc) is 3.05. The summed E-state index contributed by atoms with van der Waals surface area (Å²) in [7, 11) is -3.15. The Morgan fingerprint density at radius 3 is 2.83 bits per heavy atom. The molecule has 1 aromatic rings. The molecule has 0 spiro atoms. The van der Waals surface area contributed by atoms with E-state index >= 15 is 0 Å². The highest BCUT2D eigenvalue weighted by molar-refractivity contribution is 7.89. The van der Waals surface area contributed by atoms with E-state index in [9.17, 15) is 8.42 Å². The average molecular weight is 338 g/mol. The number of ether oxygens (including phenoxy) is 1. The van der Waals surface area contributed by atoms with Gasteiger partial charge in [-0.2, -0.15) is 0 Å². The molecule has 3 heterocycles. The van der Waals surface area contributed by atoms with Crippen LogP contribution in [-0.4, -0.2) is 49.8 Å². The first-order valence-electron chi connectivity index (χ1n) is 8.53. The van der Waals surface area contributed by atoms with Gasteiger partial charge in [0.05, 0.1) is 5.75 Å². The Balaban J connectivity index is 1.56. The number of aryl methyl sites for hydroxylation is 1. The molecule has 0 N–H and O–H groups in total. The summed E-state index contributed by atoms with van der Waals surface area (Å²) in [5, 5.41) is 0. The number of nitrogens with zero attached hydrogens (tertiary/aromatic N) is 2. The van der Waals surface area contributed by atoms with Gasteiger partial charge in [-0.05, 0) is 56.2 Å². The molecular formula is C17H26N2O3S. The minimum atomic E-state index is -3.15. The van der Waals surface area contributed by atoms with E-state index in [4.69, 9.17) is 4.74 Å². The second kappa shape index (κ2) is 7.28. The zero-order chi connectivity index (χ0) is 16.3. The number of hydrogen-bond donors (Lipinski definition) is 0. The summed E-state index contributed by atoms with van der Waals surface area (Å²) in [4.78, 5) is 4.42. The molecule has 0 saturated carbocycles. The first kappa shape index (κ1) is 16.9. The van der Waals surface area contributed by atoms with Crippen molar-refractivity contribution in [2.45, 2.75) is 38.5 Å². The van der Waals surface area contributed by atoms with Crippen LogP contribution >= 0.6 is 0 Å². The van der Waals surface area contributed by atoms with Crippen LogP contribution in [-0.2, 0) is 14.8 Å². The van der Waals surface area contributed by atoms with Crippen molar-refractivity contribution in [1.29, 1.82) is 0 Å². The van der Waals surface area contributed by atoms with Gasteiger partial charge in [-0.25, -0.2) is 12.7 Å². The lowest BCUT2D eigenvalue weighted by molar-refractivity contribution is 0.0655. The molecule has 0 radical (unpaired) electrons. The van der Waals surface area contributed by atoms with Crippen LogP contribution in [0.25, 0.3) is 0 Å². The molecular weight excluding hydrogens is 312 g/mol. The van der Waals surface area contributed by atoms with Crippen LogP contribution in [0.1, 0.15) is 42.9 Å². The lowest BCUT2D eigenvalue weighted by Crippen LogP contribution is -2.32. The maximum atomic E-state index is 12.6. The van der Waals surface area contributed by atoms with Gasteiger partial charge in [-0.15, -0.1) is 0 Å². The highest BCUT2D eigenvalue weighted by Crippen LogP contribution is 2.29. The Morgan fingerprint density at radius 2 is 2.09 bits per heavy atom. The number of aromatic nitrogens is 1. The van der Waals surface area contributed by atoms with E-state index in [0.29, 0.717) is 19.0 Å². The molecule has 2 aliphatic rings. The maximum Gasteiger partial charge on any atom is 0.214 e. The van der Waals surface area contributed by atoms with Crippen LogP contribution in [0.2, 0.25) is 0 Å². The third kappa shape index (κ3) is 4.31. The molecule has 1 atom stereocenters. The Morgan fingerprint density at radius 1 is 1.30 bits per heavy atom. The van der Waals surface area contributed by atoms with Gasteiger partial charge in [0.2, 0.25) is 10.0 Å². The maximum absolute atomic E-state index is 12.6. The third-order valence-electron chi connectivity index (χ3n) is 5.02. The van der Waals surface area contributed by atoms with Crippen LogP contribution in [0.5, 0.6) is 0 Å². The molecule has 2 aliphatic heterocycles. The monoisotopic (exact) mass is 338 g/mol. The molecule has 0 bridgehead atoms. The largest absolute Gasteiger partial charge is 0.381 e. The number of sulfonamides is 1. The van der Waals surface area contributed by atoms with Crippen molar-refractivity contribution in [3.63, 3.8) is 0 Å². The molecule has 3 rings (SSSR count). The van der Waals surface area contributed by atoms with Crippen molar-refractivity contribution in [2.24, 2.45) is 5.92 Å². The van der Waals surface area contributed by atoms with Gasteiger partial charge in [0.25, 0.3) is 0 Å². The minimum absolute atomic E-state index is 0.229. The predicted molar refractivity (Wildman–Crippen MR) is 89.9 cm³/mol. The first-order valence-corrected chi connectivity index (χ1v) is 10.1. The van der Waals surface area contributed by atoms with Crippen molar-refractivity contribution in [3.8, 4) is 0 Å². The highest BCUT2D eigenvalue weighted by atomic mass is 32.2. The second-order valence-corrected chi connectivity index (χ2v) is 8.85. The Labute approximate surface area is 139 Å². The molecule has 1 aromatic heterocycles. The zero-order valence-corrected chi connectivity index (χ0v) is 14.6. The molecule has 23 heavy (non-hydrogen) atoms. The molecule has 0 amide bonds. The Hall–Kier alpha value is -0.980. The summed E-state index contributed by atoms with van der Waals surface area (Å²) < 4.78 is 32.2. The van der Waals surface area contributed by atoms with Gasteiger partial charge in [0.1, 0.15) is 0 Å². The van der Waals surface area contributed by atoms with Crippen molar-refractivity contribution >= 4 is 10.0 Å². The lowest BCUT2D eigenvalue weighted by Gasteiger charge is -2.23. The van der Waals surface area contributed by atoms with Crippen molar-refractivity contribution in [2.75, 3.05) is 32.1 Å². The first-order chi connectivity index (χ1) is 11.0. The predicted octanol–water partition coefficient (Wildman–Crippen LogP) is 2.33. The smallest absolute Gasteiger partial charge is 0.214 e. The topological polar surface area (TPSA) is 59.5 Å². The Kier molecular flexibility index (Phi) is 5.34. The van der Waals surface area contributed by atoms with E-state index in [1.54, 1.807) is 4.31 Å². The van der Waals surface area contributed by atoms with Gasteiger partial charge in [-0.3, -0.25) is 4.98 Å². The van der Waals surface area contributed by atoms with E-state index in [2.05, 4.69) is 11.1 Å². The van der Waals surface area contributed by atoms with Crippen LogP contribution in [0.15, 0.2) is 18.3 Å². The highest BCUT2D eigenvalue weighted by Gasteiger charge is 2.33. The summed E-state index contributed by atoms with van der Waals surface area (Å²) in [5.74, 6) is 0.995. The fourth-order valence-electron chi connectivity index (χ4n) is 3.48. The molecule has 128 valence electrons. The molecule has 0 aliphatic carbocycles. The molecule has 0 aromatic carbocycles. The van der Waals surface area contributed by atoms with Crippen LogP contribution in [0.4, 0.5) is 0 Å².